The van der Waals surface area contributed by atoms with Crippen LogP contribution in [-0.2, 0) is 9.59 Å². The van der Waals surface area contributed by atoms with Gasteiger partial charge in [0.25, 0.3) is 5.91 Å². The van der Waals surface area contributed by atoms with Gasteiger partial charge in [-0.05, 0) is 18.9 Å². The summed E-state index contributed by atoms with van der Waals surface area (Å²) in [6.07, 6.45) is 6.57. The average molecular weight is 358 g/mol. The average Bonchev–Trinajstić information content (AvgIpc) is 3.27. The normalized spacial score (nSPS) is 15.6. The molecule has 1 aliphatic rings. The number of hydrogen-bond donors (Lipinski definition) is 4. The molecule has 0 atom stereocenters. The number of rotatable bonds is 6. The van der Waals surface area contributed by atoms with E-state index in [4.69, 9.17) is 0 Å². The van der Waals surface area contributed by atoms with Crippen LogP contribution in [0.4, 0.5) is 0 Å². The maximum absolute atomic E-state index is 12.8. The molecule has 1 aliphatic carbocycles. The minimum absolute atomic E-state index is 0.0742. The molecule has 4 N–H and O–H groups in total. The van der Waals surface area contributed by atoms with E-state index in [1.165, 1.54) is 13.3 Å². The van der Waals surface area contributed by atoms with Crippen LogP contribution < -0.4 is 16.0 Å². The highest BCUT2D eigenvalue weighted by atomic mass is 16.2. The molecule has 138 valence electrons. The van der Waals surface area contributed by atoms with Gasteiger partial charge in [-0.2, -0.15) is 0 Å². The standard InChI is InChI=1S/C17H22N6O3/c1-11(24)19-8-13(25)20-9-17(5-2-3-6-17)23-16(26)14-12-4-7-18-15(12)22-10-21-14/h4,7,10H,2-3,5-6,8-9H2,1H3,(H,19,24)(H,20,25)(H,23,26)(H,18,21,22). The molecule has 26 heavy (non-hydrogen) atoms. The van der Waals surface area contributed by atoms with E-state index in [1.807, 2.05) is 0 Å². The van der Waals surface area contributed by atoms with Gasteiger partial charge >= 0.3 is 0 Å². The smallest absolute Gasteiger partial charge is 0.271 e. The van der Waals surface area contributed by atoms with Gasteiger partial charge in [0.15, 0.2) is 0 Å². The summed E-state index contributed by atoms with van der Waals surface area (Å²) in [5.41, 5.74) is 0.414. The number of carbonyl (C=O) groups is 3. The Labute approximate surface area is 150 Å². The predicted octanol–water partition coefficient (Wildman–Crippen LogP) is 0.253. The molecule has 0 bridgehead atoms. The summed E-state index contributed by atoms with van der Waals surface area (Å²) in [6.45, 7) is 1.60. The van der Waals surface area contributed by atoms with Crippen LogP contribution in [-0.4, -0.2) is 51.3 Å². The molecule has 1 fully saturated rings. The third-order valence-electron chi connectivity index (χ3n) is 4.63. The van der Waals surface area contributed by atoms with Crippen molar-refractivity contribution in [1.82, 2.24) is 30.9 Å². The number of aromatic amines is 1. The van der Waals surface area contributed by atoms with Crippen LogP contribution in [0.25, 0.3) is 11.0 Å². The number of hydrogen-bond acceptors (Lipinski definition) is 5. The first-order valence-corrected chi connectivity index (χ1v) is 8.61. The summed E-state index contributed by atoms with van der Waals surface area (Å²) in [7, 11) is 0. The van der Waals surface area contributed by atoms with E-state index >= 15 is 0 Å². The lowest BCUT2D eigenvalue weighted by Gasteiger charge is -2.30. The SMILES string of the molecule is CC(=O)NCC(=O)NCC1(NC(=O)c2ncnc3[nH]ccc23)CCCC1. The number of amides is 3. The van der Waals surface area contributed by atoms with Crippen LogP contribution in [0.2, 0.25) is 0 Å². The fraction of sp³-hybridized carbons (Fsp3) is 0.471. The number of aromatic nitrogens is 3. The van der Waals surface area contributed by atoms with Gasteiger partial charge in [-0.25, -0.2) is 9.97 Å². The molecule has 0 spiro atoms. The fourth-order valence-corrected chi connectivity index (χ4v) is 3.29. The zero-order chi connectivity index (χ0) is 18.6. The van der Waals surface area contributed by atoms with Crippen LogP contribution in [0, 0.1) is 0 Å². The van der Waals surface area contributed by atoms with E-state index in [9.17, 15) is 14.4 Å². The van der Waals surface area contributed by atoms with Gasteiger partial charge in [-0.15, -0.1) is 0 Å². The Morgan fingerprint density at radius 1 is 1.19 bits per heavy atom. The van der Waals surface area contributed by atoms with Crippen LogP contribution in [0.3, 0.4) is 0 Å². The minimum atomic E-state index is -0.503. The Balaban J connectivity index is 1.68. The van der Waals surface area contributed by atoms with E-state index in [-0.39, 0.29) is 24.3 Å². The van der Waals surface area contributed by atoms with E-state index < -0.39 is 5.54 Å². The van der Waals surface area contributed by atoms with E-state index in [2.05, 4.69) is 30.9 Å². The number of H-pyrrole nitrogens is 1. The third kappa shape index (κ3) is 3.98. The van der Waals surface area contributed by atoms with Crippen molar-refractivity contribution in [2.45, 2.75) is 38.1 Å². The molecule has 9 nitrogen and oxygen atoms in total. The second-order valence-electron chi connectivity index (χ2n) is 6.59. The molecule has 0 aromatic carbocycles. The minimum Gasteiger partial charge on any atom is -0.352 e. The molecule has 2 heterocycles. The summed E-state index contributed by atoms with van der Waals surface area (Å²) in [5.74, 6) is -0.825. The first-order chi connectivity index (χ1) is 12.5. The molecule has 2 aromatic rings. The first kappa shape index (κ1) is 17.8. The Kier molecular flexibility index (Phi) is 5.15. The molecule has 3 rings (SSSR count). The Bertz CT molecular complexity index is 825. The quantitative estimate of drug-likeness (QED) is 0.588. The molecule has 1 saturated carbocycles. The highest BCUT2D eigenvalue weighted by Crippen LogP contribution is 2.29. The lowest BCUT2D eigenvalue weighted by atomic mass is 9.97. The highest BCUT2D eigenvalue weighted by molar-refractivity contribution is 6.03. The number of nitrogens with zero attached hydrogens (tertiary/aromatic N) is 2. The number of fused-ring (bicyclic) bond motifs is 1. The number of nitrogens with one attached hydrogen (secondary N) is 4. The van der Waals surface area contributed by atoms with Crippen LogP contribution in [0.1, 0.15) is 43.1 Å². The van der Waals surface area contributed by atoms with Gasteiger partial charge in [0.1, 0.15) is 17.7 Å². The molecular weight excluding hydrogens is 336 g/mol. The maximum atomic E-state index is 12.8. The van der Waals surface area contributed by atoms with Crippen LogP contribution >= 0.6 is 0 Å². The van der Waals surface area contributed by atoms with E-state index in [0.717, 1.165) is 25.7 Å². The topological polar surface area (TPSA) is 129 Å². The zero-order valence-corrected chi connectivity index (χ0v) is 14.6. The van der Waals surface area contributed by atoms with Crippen LogP contribution in [0.15, 0.2) is 18.6 Å². The molecule has 2 aromatic heterocycles. The van der Waals surface area contributed by atoms with Gasteiger partial charge in [0.2, 0.25) is 11.8 Å². The van der Waals surface area contributed by atoms with Crippen molar-refractivity contribution in [1.29, 1.82) is 0 Å². The van der Waals surface area contributed by atoms with Gasteiger partial charge in [-0.3, -0.25) is 14.4 Å². The lowest BCUT2D eigenvalue weighted by Crippen LogP contribution is -2.55. The summed E-state index contributed by atoms with van der Waals surface area (Å²) in [4.78, 5) is 46.7. The van der Waals surface area contributed by atoms with Crippen molar-refractivity contribution in [3.8, 4) is 0 Å². The van der Waals surface area contributed by atoms with Crippen molar-refractivity contribution < 1.29 is 14.4 Å². The summed E-state index contributed by atoms with van der Waals surface area (Å²) in [6, 6.07) is 1.76. The second kappa shape index (κ2) is 7.51. The third-order valence-corrected chi connectivity index (χ3v) is 4.63. The molecular formula is C17H22N6O3. The summed E-state index contributed by atoms with van der Waals surface area (Å²) in [5, 5.41) is 8.99. The Morgan fingerprint density at radius 3 is 2.69 bits per heavy atom. The lowest BCUT2D eigenvalue weighted by molar-refractivity contribution is -0.125. The Morgan fingerprint density at radius 2 is 1.96 bits per heavy atom. The highest BCUT2D eigenvalue weighted by Gasteiger charge is 2.36. The fourth-order valence-electron chi connectivity index (χ4n) is 3.29. The molecule has 0 aliphatic heterocycles. The molecule has 0 saturated heterocycles. The number of carbonyl (C=O) groups excluding carboxylic acids is 3. The molecule has 0 radical (unpaired) electrons. The predicted molar refractivity (Wildman–Crippen MR) is 94.2 cm³/mol. The van der Waals surface area contributed by atoms with Crippen molar-refractivity contribution in [2.75, 3.05) is 13.1 Å². The van der Waals surface area contributed by atoms with Gasteiger partial charge in [0.05, 0.1) is 17.5 Å². The monoisotopic (exact) mass is 358 g/mol. The van der Waals surface area contributed by atoms with Crippen LogP contribution in [0.5, 0.6) is 0 Å². The summed E-state index contributed by atoms with van der Waals surface area (Å²) >= 11 is 0. The molecule has 9 heteroatoms. The van der Waals surface area contributed by atoms with E-state index in [1.54, 1.807) is 12.3 Å². The van der Waals surface area contributed by atoms with Crippen molar-refractivity contribution in [2.24, 2.45) is 0 Å². The van der Waals surface area contributed by atoms with Crippen molar-refractivity contribution >= 4 is 28.8 Å². The largest absolute Gasteiger partial charge is 0.352 e. The maximum Gasteiger partial charge on any atom is 0.271 e. The van der Waals surface area contributed by atoms with Crippen molar-refractivity contribution in [3.05, 3.63) is 24.3 Å². The second-order valence-corrected chi connectivity index (χ2v) is 6.59. The zero-order valence-electron chi connectivity index (χ0n) is 14.6. The summed E-state index contributed by atoms with van der Waals surface area (Å²) < 4.78 is 0. The first-order valence-electron chi connectivity index (χ1n) is 8.61. The van der Waals surface area contributed by atoms with E-state index in [0.29, 0.717) is 23.3 Å². The molecule has 3 amide bonds. The van der Waals surface area contributed by atoms with Gasteiger partial charge < -0.3 is 20.9 Å². The van der Waals surface area contributed by atoms with Gasteiger partial charge in [-0.1, -0.05) is 12.8 Å². The van der Waals surface area contributed by atoms with Gasteiger partial charge in [0, 0.05) is 19.7 Å². The Hall–Kier alpha value is -2.97. The molecule has 0 unspecified atom stereocenters. The van der Waals surface area contributed by atoms with Crippen molar-refractivity contribution in [3.63, 3.8) is 0 Å².